The number of nitrogens with one attached hydrogen (secondary N) is 1. The molecule has 1 N–H and O–H groups in total. The van der Waals surface area contributed by atoms with Gasteiger partial charge in [0.15, 0.2) is 0 Å². The smallest absolute Gasteiger partial charge is 0.0952 e. The first-order chi connectivity index (χ1) is 8.95. The predicted octanol–water partition coefficient (Wildman–Crippen LogP) is 2.24. The lowest BCUT2D eigenvalue weighted by Gasteiger charge is -2.30. The Bertz CT molecular complexity index is 345. The molecule has 3 rings (SSSR count). The minimum absolute atomic E-state index is 0.220. The molecule has 0 amide bonds. The van der Waals surface area contributed by atoms with Crippen molar-refractivity contribution in [2.24, 2.45) is 0 Å². The molecule has 2 saturated heterocycles. The molecule has 1 unspecified atom stereocenters. The molecule has 2 aliphatic rings. The van der Waals surface area contributed by atoms with Crippen LogP contribution in [0.3, 0.4) is 0 Å². The predicted molar refractivity (Wildman–Crippen MR) is 70.8 cm³/mol. The quantitative estimate of drug-likeness (QED) is 0.869. The molecule has 0 aliphatic carbocycles. The van der Waals surface area contributed by atoms with Crippen molar-refractivity contribution >= 4 is 0 Å². The van der Waals surface area contributed by atoms with Crippen LogP contribution in [0.1, 0.15) is 36.0 Å². The summed E-state index contributed by atoms with van der Waals surface area (Å²) in [5.41, 5.74) is 2.84. The van der Waals surface area contributed by atoms with Crippen LogP contribution in [0.2, 0.25) is 0 Å². The maximum Gasteiger partial charge on any atom is 0.0952 e. The van der Waals surface area contributed by atoms with Gasteiger partial charge in [-0.05, 0) is 29.9 Å². The standard InChI is InChI=1S/C15H21NO2/c1-2-4-14(15-11-16-7-10-18-15)13(3-1)12-5-8-17-9-6-12/h1-4,12,15-16H,5-11H2. The molecule has 0 spiro atoms. The zero-order valence-electron chi connectivity index (χ0n) is 10.7. The summed E-state index contributed by atoms with van der Waals surface area (Å²) in [6.45, 7) is 4.49. The summed E-state index contributed by atoms with van der Waals surface area (Å²) in [6, 6.07) is 8.76. The Morgan fingerprint density at radius 3 is 2.50 bits per heavy atom. The van der Waals surface area contributed by atoms with Crippen molar-refractivity contribution in [2.75, 3.05) is 32.9 Å². The Hall–Kier alpha value is -0.900. The number of morpholine rings is 1. The Morgan fingerprint density at radius 2 is 1.78 bits per heavy atom. The molecule has 0 radical (unpaired) electrons. The minimum atomic E-state index is 0.220. The van der Waals surface area contributed by atoms with Gasteiger partial charge in [0.2, 0.25) is 0 Å². The van der Waals surface area contributed by atoms with Gasteiger partial charge in [-0.25, -0.2) is 0 Å². The second kappa shape index (κ2) is 5.83. The Labute approximate surface area is 108 Å². The highest BCUT2D eigenvalue weighted by Gasteiger charge is 2.23. The van der Waals surface area contributed by atoms with Gasteiger partial charge in [0.25, 0.3) is 0 Å². The minimum Gasteiger partial charge on any atom is -0.381 e. The first-order valence-electron chi connectivity index (χ1n) is 6.94. The molecule has 3 heteroatoms. The highest BCUT2D eigenvalue weighted by Crippen LogP contribution is 2.33. The van der Waals surface area contributed by atoms with E-state index >= 15 is 0 Å². The lowest BCUT2D eigenvalue weighted by atomic mass is 9.86. The van der Waals surface area contributed by atoms with Crippen LogP contribution < -0.4 is 5.32 Å². The van der Waals surface area contributed by atoms with Crippen molar-refractivity contribution in [3.8, 4) is 0 Å². The molecule has 1 aromatic carbocycles. The summed E-state index contributed by atoms with van der Waals surface area (Å²) < 4.78 is 11.4. The molecular formula is C15H21NO2. The van der Waals surface area contributed by atoms with E-state index in [-0.39, 0.29) is 6.10 Å². The van der Waals surface area contributed by atoms with Crippen LogP contribution in [0, 0.1) is 0 Å². The van der Waals surface area contributed by atoms with E-state index in [1.54, 1.807) is 0 Å². The average Bonchev–Trinajstić information content (AvgIpc) is 2.49. The van der Waals surface area contributed by atoms with Crippen molar-refractivity contribution in [3.05, 3.63) is 35.4 Å². The highest BCUT2D eigenvalue weighted by atomic mass is 16.5. The van der Waals surface area contributed by atoms with Gasteiger partial charge in [-0.15, -0.1) is 0 Å². The zero-order chi connectivity index (χ0) is 12.2. The maximum absolute atomic E-state index is 5.90. The molecule has 18 heavy (non-hydrogen) atoms. The molecule has 0 aromatic heterocycles. The van der Waals surface area contributed by atoms with E-state index < -0.39 is 0 Å². The molecule has 2 heterocycles. The zero-order valence-corrected chi connectivity index (χ0v) is 10.7. The van der Waals surface area contributed by atoms with E-state index in [2.05, 4.69) is 29.6 Å². The average molecular weight is 247 g/mol. The number of ether oxygens (including phenoxy) is 2. The van der Waals surface area contributed by atoms with E-state index in [4.69, 9.17) is 9.47 Å². The van der Waals surface area contributed by atoms with Crippen molar-refractivity contribution < 1.29 is 9.47 Å². The number of hydrogen-bond donors (Lipinski definition) is 1. The second-order valence-electron chi connectivity index (χ2n) is 5.08. The molecule has 2 fully saturated rings. The summed E-state index contributed by atoms with van der Waals surface area (Å²) >= 11 is 0. The third kappa shape index (κ3) is 2.58. The van der Waals surface area contributed by atoms with Gasteiger partial charge in [-0.2, -0.15) is 0 Å². The van der Waals surface area contributed by atoms with Crippen LogP contribution in [0.5, 0.6) is 0 Å². The van der Waals surface area contributed by atoms with Gasteiger partial charge < -0.3 is 14.8 Å². The molecule has 2 aliphatic heterocycles. The summed E-state index contributed by atoms with van der Waals surface area (Å²) in [6.07, 6.45) is 2.49. The monoisotopic (exact) mass is 247 g/mol. The first kappa shape index (κ1) is 12.2. The van der Waals surface area contributed by atoms with Crippen LogP contribution in [0.25, 0.3) is 0 Å². The van der Waals surface area contributed by atoms with Gasteiger partial charge in [-0.3, -0.25) is 0 Å². The second-order valence-corrected chi connectivity index (χ2v) is 5.08. The summed E-state index contributed by atoms with van der Waals surface area (Å²) in [5, 5.41) is 3.41. The molecule has 0 saturated carbocycles. The largest absolute Gasteiger partial charge is 0.381 e. The van der Waals surface area contributed by atoms with Crippen LogP contribution in [-0.2, 0) is 9.47 Å². The van der Waals surface area contributed by atoms with Crippen LogP contribution in [0.15, 0.2) is 24.3 Å². The molecule has 3 nitrogen and oxygen atoms in total. The van der Waals surface area contributed by atoms with Crippen LogP contribution in [-0.4, -0.2) is 32.9 Å². The molecular weight excluding hydrogens is 226 g/mol. The normalized spacial score (nSPS) is 26.1. The number of rotatable bonds is 2. The Morgan fingerprint density at radius 1 is 1.00 bits per heavy atom. The van der Waals surface area contributed by atoms with Crippen LogP contribution in [0.4, 0.5) is 0 Å². The summed E-state index contributed by atoms with van der Waals surface area (Å²) in [4.78, 5) is 0. The number of benzene rings is 1. The van der Waals surface area contributed by atoms with Gasteiger partial charge in [0, 0.05) is 26.3 Å². The molecule has 1 atom stereocenters. The highest BCUT2D eigenvalue weighted by molar-refractivity contribution is 5.33. The first-order valence-corrected chi connectivity index (χ1v) is 6.94. The van der Waals surface area contributed by atoms with Crippen molar-refractivity contribution in [3.63, 3.8) is 0 Å². The van der Waals surface area contributed by atoms with E-state index in [1.165, 1.54) is 11.1 Å². The van der Waals surface area contributed by atoms with E-state index in [0.29, 0.717) is 5.92 Å². The van der Waals surface area contributed by atoms with E-state index in [9.17, 15) is 0 Å². The van der Waals surface area contributed by atoms with Crippen molar-refractivity contribution in [1.82, 2.24) is 5.32 Å². The topological polar surface area (TPSA) is 30.5 Å². The van der Waals surface area contributed by atoms with E-state index in [0.717, 1.165) is 45.8 Å². The van der Waals surface area contributed by atoms with Gasteiger partial charge in [-0.1, -0.05) is 24.3 Å². The lowest BCUT2D eigenvalue weighted by Crippen LogP contribution is -2.34. The molecule has 0 bridgehead atoms. The lowest BCUT2D eigenvalue weighted by molar-refractivity contribution is 0.0260. The van der Waals surface area contributed by atoms with Crippen molar-refractivity contribution in [2.45, 2.75) is 24.9 Å². The fraction of sp³-hybridized carbons (Fsp3) is 0.600. The summed E-state index contributed by atoms with van der Waals surface area (Å²) in [7, 11) is 0. The third-order valence-corrected chi connectivity index (χ3v) is 3.93. The third-order valence-electron chi connectivity index (χ3n) is 3.93. The van der Waals surface area contributed by atoms with E-state index in [1.807, 2.05) is 0 Å². The van der Waals surface area contributed by atoms with Gasteiger partial charge in [0.1, 0.15) is 0 Å². The van der Waals surface area contributed by atoms with Gasteiger partial charge in [0.05, 0.1) is 12.7 Å². The SMILES string of the molecule is c1ccc(C2CNCCO2)c(C2CCOCC2)c1. The fourth-order valence-corrected chi connectivity index (χ4v) is 2.95. The van der Waals surface area contributed by atoms with Gasteiger partial charge >= 0.3 is 0 Å². The maximum atomic E-state index is 5.90. The molecule has 1 aromatic rings. The van der Waals surface area contributed by atoms with Crippen molar-refractivity contribution in [1.29, 1.82) is 0 Å². The van der Waals surface area contributed by atoms with Crippen LogP contribution >= 0.6 is 0 Å². The number of hydrogen-bond acceptors (Lipinski definition) is 3. The Kier molecular flexibility index (Phi) is 3.93. The fourth-order valence-electron chi connectivity index (χ4n) is 2.95. The Balaban J connectivity index is 1.83. The summed E-state index contributed by atoms with van der Waals surface area (Å²) in [5.74, 6) is 0.639. The molecule has 98 valence electrons.